The second-order valence-electron chi connectivity index (χ2n) is 4.19. The zero-order valence-electron chi connectivity index (χ0n) is 9.74. The zero-order valence-corrected chi connectivity index (χ0v) is 9.74. The molecule has 0 aliphatic heterocycles. The van der Waals surface area contributed by atoms with Crippen LogP contribution >= 0.6 is 0 Å². The summed E-state index contributed by atoms with van der Waals surface area (Å²) in [6.45, 7) is 0.283. The molecule has 0 unspecified atom stereocenters. The number of para-hydroxylation sites is 1. The first kappa shape index (κ1) is 12.3. The maximum atomic E-state index is 11.1. The molecule has 0 saturated heterocycles. The fraction of sp³-hybridized carbons (Fsp3) is 0.417. The van der Waals surface area contributed by atoms with Crippen molar-refractivity contribution in [1.29, 1.82) is 5.26 Å². The number of hydrogen-bond donors (Lipinski definition) is 1. The molecule has 1 saturated carbocycles. The minimum atomic E-state index is -0.527. The number of benzene rings is 1. The molecule has 2 rings (SSSR count). The van der Waals surface area contributed by atoms with E-state index in [1.807, 2.05) is 11.0 Å². The zero-order chi connectivity index (χ0) is 13.1. The van der Waals surface area contributed by atoms with Gasteiger partial charge in [-0.25, -0.2) is 0 Å². The molecule has 1 aromatic carbocycles. The third-order valence-electron chi connectivity index (χ3n) is 2.96. The van der Waals surface area contributed by atoms with E-state index in [4.69, 9.17) is 10.4 Å². The van der Waals surface area contributed by atoms with Crippen LogP contribution in [0.15, 0.2) is 18.2 Å². The Labute approximate surface area is 104 Å². The molecule has 0 amide bonds. The molecule has 0 spiro atoms. The summed E-state index contributed by atoms with van der Waals surface area (Å²) in [7, 11) is 0. The number of anilines is 1. The van der Waals surface area contributed by atoms with Gasteiger partial charge >= 0.3 is 5.69 Å². The van der Waals surface area contributed by atoms with Gasteiger partial charge in [0, 0.05) is 12.6 Å². The number of nitrogens with zero attached hydrogens (tertiary/aromatic N) is 3. The van der Waals surface area contributed by atoms with Crippen LogP contribution in [0.3, 0.4) is 0 Å². The number of nitriles is 1. The molecule has 94 valence electrons. The predicted octanol–water partition coefficient (Wildman–Crippen LogP) is 1.43. The van der Waals surface area contributed by atoms with Gasteiger partial charge in [-0.2, -0.15) is 5.26 Å². The SMILES string of the molecule is N#Cc1cccc(N(CCO)C2CC2)c1[N+](=O)[O-]. The topological polar surface area (TPSA) is 90.4 Å². The standard InChI is InChI=1S/C12H13N3O3/c13-8-9-2-1-3-11(12(9)15(17)18)14(6-7-16)10-4-5-10/h1-3,10,16H,4-7H2. The van der Waals surface area contributed by atoms with Crippen molar-refractivity contribution >= 4 is 11.4 Å². The summed E-state index contributed by atoms with van der Waals surface area (Å²) in [5.41, 5.74) is 0.317. The van der Waals surface area contributed by atoms with E-state index in [1.54, 1.807) is 12.1 Å². The number of aliphatic hydroxyl groups is 1. The van der Waals surface area contributed by atoms with Gasteiger partial charge in [0.15, 0.2) is 0 Å². The molecule has 1 N–H and O–H groups in total. The van der Waals surface area contributed by atoms with Crippen molar-refractivity contribution in [1.82, 2.24) is 0 Å². The highest BCUT2D eigenvalue weighted by Crippen LogP contribution is 2.38. The number of nitro groups is 1. The fourth-order valence-corrected chi connectivity index (χ4v) is 2.04. The van der Waals surface area contributed by atoms with Crippen LogP contribution in [0.2, 0.25) is 0 Å². The Kier molecular flexibility index (Phi) is 3.44. The van der Waals surface area contributed by atoms with Gasteiger partial charge in [0.25, 0.3) is 0 Å². The number of nitro benzene ring substituents is 1. The van der Waals surface area contributed by atoms with Crippen LogP contribution in [0.25, 0.3) is 0 Å². The summed E-state index contributed by atoms with van der Waals surface area (Å²) in [4.78, 5) is 12.4. The molecule has 0 aromatic heterocycles. The highest BCUT2D eigenvalue weighted by Gasteiger charge is 2.33. The van der Waals surface area contributed by atoms with Crippen LogP contribution in [0.4, 0.5) is 11.4 Å². The monoisotopic (exact) mass is 247 g/mol. The molecule has 0 atom stereocenters. The van der Waals surface area contributed by atoms with Crippen molar-refractivity contribution in [3.8, 4) is 6.07 Å². The van der Waals surface area contributed by atoms with Gasteiger partial charge in [0.1, 0.15) is 17.3 Å². The third kappa shape index (κ3) is 2.26. The Morgan fingerprint density at radius 3 is 2.78 bits per heavy atom. The molecule has 0 heterocycles. The molecule has 1 aliphatic carbocycles. The minimum Gasteiger partial charge on any atom is -0.395 e. The lowest BCUT2D eigenvalue weighted by Crippen LogP contribution is -2.29. The average Bonchev–Trinajstić information content (AvgIpc) is 3.19. The summed E-state index contributed by atoms with van der Waals surface area (Å²) >= 11 is 0. The van der Waals surface area contributed by atoms with Crippen LogP contribution in [0, 0.1) is 21.4 Å². The largest absolute Gasteiger partial charge is 0.395 e. The summed E-state index contributed by atoms with van der Waals surface area (Å²) in [6.07, 6.45) is 1.93. The van der Waals surface area contributed by atoms with E-state index in [0.717, 1.165) is 12.8 Å². The summed E-state index contributed by atoms with van der Waals surface area (Å²) in [5.74, 6) is 0. The molecule has 1 aromatic rings. The quantitative estimate of drug-likeness (QED) is 0.627. The molecule has 6 heteroatoms. The molecule has 0 radical (unpaired) electrons. The van der Waals surface area contributed by atoms with E-state index in [1.165, 1.54) is 6.07 Å². The Balaban J connectivity index is 2.48. The Morgan fingerprint density at radius 2 is 2.28 bits per heavy atom. The van der Waals surface area contributed by atoms with Gasteiger partial charge in [-0.3, -0.25) is 10.1 Å². The van der Waals surface area contributed by atoms with E-state index in [-0.39, 0.29) is 23.9 Å². The highest BCUT2D eigenvalue weighted by atomic mass is 16.6. The maximum absolute atomic E-state index is 11.1. The fourth-order valence-electron chi connectivity index (χ4n) is 2.04. The van der Waals surface area contributed by atoms with E-state index in [2.05, 4.69) is 0 Å². The molecule has 1 fully saturated rings. The van der Waals surface area contributed by atoms with Crippen LogP contribution in [-0.4, -0.2) is 29.2 Å². The Hall–Kier alpha value is -2.13. The van der Waals surface area contributed by atoms with Crippen molar-refractivity contribution in [3.63, 3.8) is 0 Å². The predicted molar refractivity (Wildman–Crippen MR) is 65.3 cm³/mol. The van der Waals surface area contributed by atoms with Gasteiger partial charge in [-0.05, 0) is 25.0 Å². The average molecular weight is 247 g/mol. The summed E-state index contributed by atoms with van der Waals surface area (Å²) < 4.78 is 0. The van der Waals surface area contributed by atoms with Crippen molar-refractivity contribution in [2.24, 2.45) is 0 Å². The van der Waals surface area contributed by atoms with E-state index in [0.29, 0.717) is 12.2 Å². The van der Waals surface area contributed by atoms with Crippen LogP contribution in [0.1, 0.15) is 18.4 Å². The van der Waals surface area contributed by atoms with Gasteiger partial charge < -0.3 is 10.0 Å². The smallest absolute Gasteiger partial charge is 0.310 e. The number of rotatable bonds is 5. The molecular weight excluding hydrogens is 234 g/mol. The molecule has 0 bridgehead atoms. The first-order valence-corrected chi connectivity index (χ1v) is 5.74. The normalized spacial score (nSPS) is 14.0. The minimum absolute atomic E-state index is 0.0566. The molecular formula is C12H13N3O3. The van der Waals surface area contributed by atoms with Crippen molar-refractivity contribution in [3.05, 3.63) is 33.9 Å². The summed E-state index contributed by atoms with van der Waals surface area (Å²) in [6, 6.07) is 6.78. The number of aliphatic hydroxyl groups excluding tert-OH is 1. The maximum Gasteiger partial charge on any atom is 0.310 e. The third-order valence-corrected chi connectivity index (χ3v) is 2.96. The number of hydrogen-bond acceptors (Lipinski definition) is 5. The molecule has 18 heavy (non-hydrogen) atoms. The Bertz CT molecular complexity index is 506. The molecule has 1 aliphatic rings. The van der Waals surface area contributed by atoms with Crippen LogP contribution in [-0.2, 0) is 0 Å². The first-order chi connectivity index (χ1) is 8.69. The van der Waals surface area contributed by atoms with Crippen molar-refractivity contribution in [2.45, 2.75) is 18.9 Å². The lowest BCUT2D eigenvalue weighted by atomic mass is 10.1. The summed E-state index contributed by atoms with van der Waals surface area (Å²) in [5, 5.41) is 29.1. The van der Waals surface area contributed by atoms with Gasteiger partial charge in [-0.1, -0.05) is 6.07 Å². The first-order valence-electron chi connectivity index (χ1n) is 5.74. The van der Waals surface area contributed by atoms with E-state index >= 15 is 0 Å². The van der Waals surface area contributed by atoms with Gasteiger partial charge in [0.05, 0.1) is 11.5 Å². The van der Waals surface area contributed by atoms with Crippen molar-refractivity contribution < 1.29 is 10.0 Å². The van der Waals surface area contributed by atoms with Crippen LogP contribution in [0.5, 0.6) is 0 Å². The van der Waals surface area contributed by atoms with Crippen LogP contribution < -0.4 is 4.90 Å². The lowest BCUT2D eigenvalue weighted by molar-refractivity contribution is -0.384. The van der Waals surface area contributed by atoms with E-state index in [9.17, 15) is 10.1 Å². The lowest BCUT2D eigenvalue weighted by Gasteiger charge is -2.23. The second-order valence-corrected chi connectivity index (χ2v) is 4.19. The second kappa shape index (κ2) is 5.02. The molecule has 6 nitrogen and oxygen atoms in total. The highest BCUT2D eigenvalue weighted by molar-refractivity contribution is 5.70. The van der Waals surface area contributed by atoms with Gasteiger partial charge in [-0.15, -0.1) is 0 Å². The Morgan fingerprint density at radius 1 is 1.56 bits per heavy atom. The van der Waals surface area contributed by atoms with Gasteiger partial charge in [0.2, 0.25) is 0 Å². The van der Waals surface area contributed by atoms with E-state index < -0.39 is 4.92 Å². The van der Waals surface area contributed by atoms with Crippen molar-refractivity contribution in [2.75, 3.05) is 18.1 Å².